The van der Waals surface area contributed by atoms with Gasteiger partial charge in [0, 0.05) is 39.1 Å². The molecule has 0 unspecified atom stereocenters. The second kappa shape index (κ2) is 7.34. The van der Waals surface area contributed by atoms with Crippen LogP contribution in [0.4, 0.5) is 0 Å². The third kappa shape index (κ3) is 3.96. The van der Waals surface area contributed by atoms with Gasteiger partial charge in [0.1, 0.15) is 6.04 Å². The molecular weight excluding hydrogens is 302 g/mol. The van der Waals surface area contributed by atoms with Crippen LogP contribution in [0.2, 0.25) is 0 Å². The molecule has 0 aromatic heterocycles. The van der Waals surface area contributed by atoms with Crippen molar-refractivity contribution < 1.29 is 9.59 Å². The molecule has 2 fully saturated rings. The van der Waals surface area contributed by atoms with E-state index in [1.165, 1.54) is 16.7 Å². The van der Waals surface area contributed by atoms with Gasteiger partial charge < -0.3 is 10.2 Å². The van der Waals surface area contributed by atoms with Crippen LogP contribution in [0, 0.1) is 13.8 Å². The Labute approximate surface area is 144 Å². The molecule has 5 nitrogen and oxygen atoms in total. The van der Waals surface area contributed by atoms with Crippen LogP contribution in [-0.2, 0) is 16.1 Å². The van der Waals surface area contributed by atoms with E-state index < -0.39 is 0 Å². The number of carbonyl (C=O) groups is 2. The number of benzene rings is 1. The summed E-state index contributed by atoms with van der Waals surface area (Å²) < 4.78 is 0. The number of piperazine rings is 1. The van der Waals surface area contributed by atoms with Crippen molar-refractivity contribution in [3.05, 3.63) is 34.9 Å². The van der Waals surface area contributed by atoms with Crippen LogP contribution < -0.4 is 5.32 Å². The molecule has 2 aliphatic heterocycles. The van der Waals surface area contributed by atoms with Gasteiger partial charge in [-0.3, -0.25) is 14.5 Å². The van der Waals surface area contributed by atoms with Crippen molar-refractivity contribution in [2.45, 2.75) is 45.7 Å². The molecule has 2 amide bonds. The Morgan fingerprint density at radius 1 is 1.21 bits per heavy atom. The van der Waals surface area contributed by atoms with E-state index in [-0.39, 0.29) is 17.9 Å². The lowest BCUT2D eigenvalue weighted by Gasteiger charge is -2.37. The summed E-state index contributed by atoms with van der Waals surface area (Å²) in [6, 6.07) is 6.27. The molecule has 2 heterocycles. The number of carbonyl (C=O) groups excluding carboxylic acids is 2. The first-order valence-electron chi connectivity index (χ1n) is 8.89. The molecule has 0 bridgehead atoms. The van der Waals surface area contributed by atoms with Crippen molar-refractivity contribution in [1.82, 2.24) is 15.1 Å². The molecule has 2 saturated heterocycles. The summed E-state index contributed by atoms with van der Waals surface area (Å²) >= 11 is 0. The summed E-state index contributed by atoms with van der Waals surface area (Å²) in [7, 11) is 0. The van der Waals surface area contributed by atoms with Crippen LogP contribution in [-0.4, -0.2) is 53.8 Å². The largest absolute Gasteiger partial charge is 0.344 e. The Morgan fingerprint density at radius 2 is 1.96 bits per heavy atom. The van der Waals surface area contributed by atoms with Gasteiger partial charge in [-0.15, -0.1) is 0 Å². The molecule has 0 saturated carbocycles. The van der Waals surface area contributed by atoms with Crippen LogP contribution in [0.1, 0.15) is 36.0 Å². The molecule has 130 valence electrons. The Morgan fingerprint density at radius 3 is 2.67 bits per heavy atom. The van der Waals surface area contributed by atoms with Gasteiger partial charge in [-0.05, 0) is 37.8 Å². The lowest BCUT2D eigenvalue weighted by Crippen LogP contribution is -2.55. The predicted octanol–water partition coefficient (Wildman–Crippen LogP) is 1.62. The van der Waals surface area contributed by atoms with Gasteiger partial charge in [-0.25, -0.2) is 0 Å². The average molecular weight is 329 g/mol. The molecule has 0 radical (unpaired) electrons. The predicted molar refractivity (Wildman–Crippen MR) is 93.6 cm³/mol. The summed E-state index contributed by atoms with van der Waals surface area (Å²) in [5.74, 6) is 0.0996. The highest BCUT2D eigenvalue weighted by Gasteiger charge is 2.30. The quantitative estimate of drug-likeness (QED) is 0.917. The minimum atomic E-state index is -0.309. The zero-order valence-electron chi connectivity index (χ0n) is 14.7. The number of hydrogen-bond acceptors (Lipinski definition) is 3. The molecule has 0 aliphatic carbocycles. The third-order valence-electron chi connectivity index (χ3n) is 5.11. The van der Waals surface area contributed by atoms with Gasteiger partial charge in [0.15, 0.2) is 0 Å². The first-order chi connectivity index (χ1) is 11.5. The molecule has 5 heteroatoms. The van der Waals surface area contributed by atoms with Crippen molar-refractivity contribution in [3.8, 4) is 0 Å². The van der Waals surface area contributed by atoms with E-state index in [2.05, 4.69) is 42.3 Å². The fraction of sp³-hybridized carbons (Fsp3) is 0.579. The molecule has 0 spiro atoms. The summed E-state index contributed by atoms with van der Waals surface area (Å²) in [6.07, 6.45) is 2.13. The third-order valence-corrected chi connectivity index (χ3v) is 5.11. The maximum atomic E-state index is 12.6. The highest BCUT2D eigenvalue weighted by Crippen LogP contribution is 2.16. The number of piperidine rings is 1. The molecule has 1 aromatic carbocycles. The Balaban J connectivity index is 1.53. The molecule has 3 rings (SSSR count). The van der Waals surface area contributed by atoms with Crippen molar-refractivity contribution in [2.75, 3.05) is 26.2 Å². The summed E-state index contributed by atoms with van der Waals surface area (Å²) in [5, 5.41) is 2.83. The normalized spacial score (nSPS) is 22.3. The smallest absolute Gasteiger partial charge is 0.245 e. The monoisotopic (exact) mass is 329 g/mol. The molecular formula is C19H27N3O2. The second-order valence-electron chi connectivity index (χ2n) is 7.04. The van der Waals surface area contributed by atoms with Crippen molar-refractivity contribution >= 4 is 11.8 Å². The fourth-order valence-corrected chi connectivity index (χ4v) is 3.55. The summed E-state index contributed by atoms with van der Waals surface area (Å²) in [5.41, 5.74) is 3.98. The van der Waals surface area contributed by atoms with Crippen LogP contribution in [0.25, 0.3) is 0 Å². The van der Waals surface area contributed by atoms with E-state index in [0.29, 0.717) is 6.42 Å². The van der Waals surface area contributed by atoms with Gasteiger partial charge >= 0.3 is 0 Å². The van der Waals surface area contributed by atoms with Crippen molar-refractivity contribution in [3.63, 3.8) is 0 Å². The van der Waals surface area contributed by atoms with Gasteiger partial charge in [-0.2, -0.15) is 0 Å². The lowest BCUT2D eigenvalue weighted by atomic mass is 10.0. The van der Waals surface area contributed by atoms with E-state index >= 15 is 0 Å². The molecule has 1 atom stereocenters. The van der Waals surface area contributed by atoms with E-state index in [4.69, 9.17) is 0 Å². The number of hydrogen-bond donors (Lipinski definition) is 1. The standard InChI is InChI=1S/C19H27N3O2/c1-14-6-7-15(2)16(12-14)13-21-8-10-22(11-9-21)19(24)17-4-3-5-18(23)20-17/h6-7,12,17H,3-5,8-11,13H2,1-2H3,(H,20,23)/t17-/m1/s1. The maximum Gasteiger partial charge on any atom is 0.245 e. The second-order valence-corrected chi connectivity index (χ2v) is 7.04. The van der Waals surface area contributed by atoms with E-state index in [0.717, 1.165) is 45.6 Å². The highest BCUT2D eigenvalue weighted by molar-refractivity contribution is 5.88. The summed E-state index contributed by atoms with van der Waals surface area (Å²) in [6.45, 7) is 8.49. The highest BCUT2D eigenvalue weighted by atomic mass is 16.2. The van der Waals surface area contributed by atoms with Crippen molar-refractivity contribution in [1.29, 1.82) is 0 Å². The first kappa shape index (κ1) is 17.0. The van der Waals surface area contributed by atoms with Crippen LogP contribution in [0.5, 0.6) is 0 Å². The zero-order chi connectivity index (χ0) is 17.1. The van der Waals surface area contributed by atoms with Gasteiger partial charge in [0.25, 0.3) is 0 Å². The lowest BCUT2D eigenvalue weighted by molar-refractivity contribution is -0.139. The topological polar surface area (TPSA) is 52.7 Å². The number of nitrogens with zero attached hydrogens (tertiary/aromatic N) is 2. The van der Waals surface area contributed by atoms with Crippen LogP contribution in [0.3, 0.4) is 0 Å². The van der Waals surface area contributed by atoms with E-state index in [1.807, 2.05) is 4.90 Å². The Bertz CT molecular complexity index is 621. The summed E-state index contributed by atoms with van der Waals surface area (Å²) in [4.78, 5) is 28.4. The van der Waals surface area contributed by atoms with Gasteiger partial charge in [-0.1, -0.05) is 23.8 Å². The number of aryl methyl sites for hydroxylation is 2. The number of amides is 2. The van der Waals surface area contributed by atoms with Crippen molar-refractivity contribution in [2.24, 2.45) is 0 Å². The number of nitrogens with one attached hydrogen (secondary N) is 1. The van der Waals surface area contributed by atoms with Crippen LogP contribution in [0.15, 0.2) is 18.2 Å². The number of rotatable bonds is 3. The Kier molecular flexibility index (Phi) is 5.19. The van der Waals surface area contributed by atoms with Gasteiger partial charge in [0.05, 0.1) is 0 Å². The van der Waals surface area contributed by atoms with Crippen LogP contribution >= 0.6 is 0 Å². The molecule has 24 heavy (non-hydrogen) atoms. The SMILES string of the molecule is Cc1ccc(C)c(CN2CCN(C(=O)[C@H]3CCCC(=O)N3)CC2)c1. The molecule has 2 aliphatic rings. The zero-order valence-corrected chi connectivity index (χ0v) is 14.7. The average Bonchev–Trinajstić information content (AvgIpc) is 2.58. The molecule has 1 aromatic rings. The van der Waals surface area contributed by atoms with E-state index in [9.17, 15) is 9.59 Å². The first-order valence-corrected chi connectivity index (χ1v) is 8.89. The minimum absolute atomic E-state index is 0.00755. The Hall–Kier alpha value is -1.88. The fourth-order valence-electron chi connectivity index (χ4n) is 3.55. The van der Waals surface area contributed by atoms with E-state index in [1.54, 1.807) is 0 Å². The minimum Gasteiger partial charge on any atom is -0.344 e. The maximum absolute atomic E-state index is 12.6. The van der Waals surface area contributed by atoms with Gasteiger partial charge in [0.2, 0.25) is 11.8 Å². The molecule has 1 N–H and O–H groups in total.